The number of carboxylic acids is 1. The van der Waals surface area contributed by atoms with Gasteiger partial charge in [-0.15, -0.1) is 0 Å². The van der Waals surface area contributed by atoms with E-state index in [2.05, 4.69) is 0 Å². The van der Waals surface area contributed by atoms with Crippen LogP contribution >= 0.6 is 0 Å². The lowest BCUT2D eigenvalue weighted by molar-refractivity contribution is -0.139. The molecule has 1 aliphatic rings. The molecular formula is C22H20N2O5. The van der Waals surface area contributed by atoms with Crippen molar-refractivity contribution in [3.63, 3.8) is 0 Å². The molecule has 7 nitrogen and oxygen atoms in total. The minimum absolute atomic E-state index is 0.166. The summed E-state index contributed by atoms with van der Waals surface area (Å²) < 4.78 is 7.27. The molecule has 2 heterocycles. The summed E-state index contributed by atoms with van der Waals surface area (Å²) in [5.74, 6) is -2.55. The van der Waals surface area contributed by atoms with E-state index in [0.717, 1.165) is 29.7 Å². The predicted octanol–water partition coefficient (Wildman–Crippen LogP) is 2.54. The number of carboxylic acid groups (broad SMARTS) is 1. The van der Waals surface area contributed by atoms with Crippen LogP contribution < -0.4 is 10.5 Å². The number of rotatable bonds is 8. The zero-order valence-electron chi connectivity index (χ0n) is 15.6. The van der Waals surface area contributed by atoms with Gasteiger partial charge >= 0.3 is 5.97 Å². The Morgan fingerprint density at radius 1 is 1.10 bits per heavy atom. The summed E-state index contributed by atoms with van der Waals surface area (Å²) in [4.78, 5) is 35.6. The second-order valence-electron chi connectivity index (χ2n) is 7.14. The van der Waals surface area contributed by atoms with Crippen LogP contribution in [0.3, 0.4) is 0 Å². The smallest absolute Gasteiger partial charge is 0.341 e. The normalized spacial score (nSPS) is 13.4. The molecule has 29 heavy (non-hydrogen) atoms. The van der Waals surface area contributed by atoms with Crippen molar-refractivity contribution in [3.8, 4) is 5.75 Å². The number of amides is 1. The van der Waals surface area contributed by atoms with Gasteiger partial charge in [0, 0.05) is 18.3 Å². The Kier molecular flexibility index (Phi) is 4.80. The van der Waals surface area contributed by atoms with Crippen molar-refractivity contribution in [2.24, 2.45) is 5.73 Å². The Bertz CT molecular complexity index is 1110. The largest absolute Gasteiger partial charge is 0.480 e. The number of carbonyl (C=O) groups excluding carboxylic acids is 2. The Balaban J connectivity index is 1.97. The van der Waals surface area contributed by atoms with Crippen LogP contribution in [0.15, 0.2) is 48.7 Å². The van der Waals surface area contributed by atoms with Crippen LogP contribution in [-0.4, -0.2) is 33.8 Å². The first kappa shape index (κ1) is 18.7. The summed E-state index contributed by atoms with van der Waals surface area (Å²) in [6.45, 7) is -0.554. The van der Waals surface area contributed by atoms with Crippen molar-refractivity contribution in [2.75, 3.05) is 6.61 Å². The van der Waals surface area contributed by atoms with E-state index in [9.17, 15) is 14.4 Å². The van der Waals surface area contributed by atoms with Crippen LogP contribution in [-0.2, 0) is 16.0 Å². The molecule has 0 aliphatic heterocycles. The maximum Gasteiger partial charge on any atom is 0.341 e. The van der Waals surface area contributed by atoms with E-state index in [-0.39, 0.29) is 17.2 Å². The lowest BCUT2D eigenvalue weighted by Gasteiger charge is -2.09. The fraction of sp³-hybridized carbons (Fsp3) is 0.227. The molecule has 148 valence electrons. The van der Waals surface area contributed by atoms with Crippen LogP contribution in [0, 0.1) is 0 Å². The number of Topliss-reactive ketones (excluding diaryl/α,β-unsaturated/α-hetero) is 1. The average molecular weight is 392 g/mol. The number of benzene rings is 1. The molecule has 0 bridgehead atoms. The summed E-state index contributed by atoms with van der Waals surface area (Å²) in [6, 6.07) is 13.1. The predicted molar refractivity (Wildman–Crippen MR) is 105 cm³/mol. The molecule has 0 unspecified atom stereocenters. The quantitative estimate of drug-likeness (QED) is 0.452. The molecule has 0 atom stereocenters. The molecule has 2 aromatic heterocycles. The van der Waals surface area contributed by atoms with Gasteiger partial charge in [0.05, 0.1) is 11.1 Å². The first-order valence-electron chi connectivity index (χ1n) is 9.35. The number of ketones is 1. The van der Waals surface area contributed by atoms with Crippen LogP contribution in [0.2, 0.25) is 0 Å². The maximum absolute atomic E-state index is 12.8. The first-order valence-corrected chi connectivity index (χ1v) is 9.35. The van der Waals surface area contributed by atoms with Crippen molar-refractivity contribution in [2.45, 2.75) is 25.2 Å². The summed E-state index contributed by atoms with van der Waals surface area (Å²) >= 11 is 0. The number of ether oxygens (including phenoxy) is 1. The van der Waals surface area contributed by atoms with Gasteiger partial charge in [0.25, 0.3) is 11.7 Å². The topological polar surface area (TPSA) is 111 Å². The highest BCUT2D eigenvalue weighted by molar-refractivity contribution is 6.44. The van der Waals surface area contributed by atoms with Crippen molar-refractivity contribution in [1.29, 1.82) is 0 Å². The molecule has 1 aromatic carbocycles. The molecule has 0 saturated heterocycles. The first-order chi connectivity index (χ1) is 14.0. The second-order valence-corrected chi connectivity index (χ2v) is 7.14. The number of fused-ring (bicyclic) bond motifs is 1. The van der Waals surface area contributed by atoms with Crippen molar-refractivity contribution >= 4 is 23.2 Å². The molecule has 0 radical (unpaired) electrons. The van der Waals surface area contributed by atoms with Crippen LogP contribution in [0.4, 0.5) is 0 Å². The molecule has 1 fully saturated rings. The summed E-state index contributed by atoms with van der Waals surface area (Å²) in [7, 11) is 0. The standard InChI is InChI=1S/C22H20N2O5/c23-22(28)21(27)19-18(14-8-9-14)15(11-13-5-2-1-3-6-13)24-10-4-7-16(20(19)24)29-12-17(25)26/h1-7,10,14H,8-9,11-12H2,(H2,23,28)(H,25,26). The number of hydrogen-bond donors (Lipinski definition) is 2. The highest BCUT2D eigenvalue weighted by Crippen LogP contribution is 2.47. The number of primary amides is 1. The fourth-order valence-corrected chi connectivity index (χ4v) is 3.75. The summed E-state index contributed by atoms with van der Waals surface area (Å²) in [6.07, 6.45) is 4.19. The number of carbonyl (C=O) groups is 3. The average Bonchev–Trinajstić information content (AvgIpc) is 3.49. The molecule has 1 saturated carbocycles. The molecule has 3 N–H and O–H groups in total. The minimum Gasteiger partial charge on any atom is -0.480 e. The SMILES string of the molecule is NC(=O)C(=O)c1c(C2CC2)c(Cc2ccccc2)n2cccc(OCC(=O)O)c12. The zero-order valence-corrected chi connectivity index (χ0v) is 15.6. The van der Waals surface area contributed by atoms with Gasteiger partial charge in [-0.3, -0.25) is 9.59 Å². The van der Waals surface area contributed by atoms with E-state index in [1.165, 1.54) is 0 Å². The highest BCUT2D eigenvalue weighted by Gasteiger charge is 2.36. The third-order valence-corrected chi connectivity index (χ3v) is 5.07. The van der Waals surface area contributed by atoms with E-state index in [4.69, 9.17) is 15.6 Å². The van der Waals surface area contributed by atoms with E-state index < -0.39 is 24.3 Å². The fourth-order valence-electron chi connectivity index (χ4n) is 3.75. The van der Waals surface area contributed by atoms with E-state index in [1.54, 1.807) is 18.3 Å². The van der Waals surface area contributed by atoms with Crippen LogP contribution in [0.25, 0.3) is 5.52 Å². The van der Waals surface area contributed by atoms with Crippen LogP contribution in [0.1, 0.15) is 45.9 Å². The molecule has 1 aliphatic carbocycles. The van der Waals surface area contributed by atoms with Gasteiger partial charge in [-0.1, -0.05) is 30.3 Å². The Morgan fingerprint density at radius 2 is 1.83 bits per heavy atom. The number of nitrogens with two attached hydrogens (primary N) is 1. The van der Waals surface area contributed by atoms with E-state index >= 15 is 0 Å². The number of aromatic nitrogens is 1. The number of nitrogens with zero attached hydrogens (tertiary/aromatic N) is 1. The summed E-state index contributed by atoms with van der Waals surface area (Å²) in [5.41, 5.74) is 8.73. The maximum atomic E-state index is 12.8. The number of hydrogen-bond acceptors (Lipinski definition) is 4. The molecular weight excluding hydrogens is 372 g/mol. The minimum atomic E-state index is -1.13. The molecule has 3 aromatic rings. The van der Waals surface area contributed by atoms with Gasteiger partial charge in [0.1, 0.15) is 5.75 Å². The van der Waals surface area contributed by atoms with Gasteiger partial charge in [-0.25, -0.2) is 4.79 Å². The van der Waals surface area contributed by atoms with Crippen LogP contribution in [0.5, 0.6) is 5.75 Å². The molecule has 4 rings (SSSR count). The lowest BCUT2D eigenvalue weighted by Crippen LogP contribution is -2.24. The molecule has 0 spiro atoms. The van der Waals surface area contributed by atoms with Crippen molar-refractivity contribution in [1.82, 2.24) is 4.40 Å². The highest BCUT2D eigenvalue weighted by atomic mass is 16.5. The van der Waals surface area contributed by atoms with Gasteiger partial charge < -0.3 is 20.0 Å². The summed E-state index contributed by atoms with van der Waals surface area (Å²) in [5, 5.41) is 8.99. The van der Waals surface area contributed by atoms with E-state index in [0.29, 0.717) is 11.9 Å². The van der Waals surface area contributed by atoms with Gasteiger partial charge in [-0.2, -0.15) is 0 Å². The monoisotopic (exact) mass is 392 g/mol. The number of aliphatic carboxylic acids is 1. The van der Waals surface area contributed by atoms with Crippen molar-refractivity contribution in [3.05, 3.63) is 71.0 Å². The Morgan fingerprint density at radius 3 is 2.45 bits per heavy atom. The van der Waals surface area contributed by atoms with Crippen molar-refractivity contribution < 1.29 is 24.2 Å². The van der Waals surface area contributed by atoms with Gasteiger partial charge in [-0.05, 0) is 42.0 Å². The zero-order chi connectivity index (χ0) is 20.5. The number of pyridine rings is 1. The third-order valence-electron chi connectivity index (χ3n) is 5.07. The molecule has 1 amide bonds. The second kappa shape index (κ2) is 7.43. The van der Waals surface area contributed by atoms with E-state index in [1.807, 2.05) is 34.7 Å². The van der Waals surface area contributed by atoms with Gasteiger partial charge in [0.15, 0.2) is 6.61 Å². The Labute approximate surface area is 166 Å². The van der Waals surface area contributed by atoms with Gasteiger partial charge in [0.2, 0.25) is 0 Å². The third kappa shape index (κ3) is 3.59. The lowest BCUT2D eigenvalue weighted by atomic mass is 9.97. The molecule has 7 heteroatoms. The Hall–Kier alpha value is -3.61.